The SMILES string of the molecule is CCC1(C(O)=CC(C)=O)COc2cc(O)c(O)cc2/C1=C(/C)C(C)=O. The molecular weight excluding hydrogens is 324 g/mol. The van der Waals surface area contributed by atoms with Crippen molar-refractivity contribution in [1.29, 1.82) is 0 Å². The van der Waals surface area contributed by atoms with E-state index < -0.39 is 5.41 Å². The summed E-state index contributed by atoms with van der Waals surface area (Å²) in [5.41, 5.74) is 0.173. The number of aliphatic hydroxyl groups excluding tert-OH is 1. The number of hydrogen-bond donors (Lipinski definition) is 3. The first-order valence-corrected chi connectivity index (χ1v) is 7.97. The molecule has 1 aliphatic rings. The standard InChI is InChI=1S/C19H22O6/c1-5-19(17(24)6-10(2)20)9-25-16-8-15(23)14(22)7-13(16)18(19)11(3)12(4)21/h6-8,22-24H,5,9H2,1-4H3/b17-6?,18-11+. The predicted molar refractivity (Wildman–Crippen MR) is 92.7 cm³/mol. The number of aliphatic hydroxyl groups is 1. The highest BCUT2D eigenvalue weighted by molar-refractivity contribution is 6.03. The Morgan fingerprint density at radius 2 is 1.80 bits per heavy atom. The van der Waals surface area contributed by atoms with Gasteiger partial charge in [-0.2, -0.15) is 0 Å². The van der Waals surface area contributed by atoms with Crippen LogP contribution in [0.5, 0.6) is 17.2 Å². The number of carbonyl (C=O) groups is 2. The fraction of sp³-hybridized carbons (Fsp3) is 0.368. The summed E-state index contributed by atoms with van der Waals surface area (Å²) in [6.45, 7) is 6.16. The summed E-state index contributed by atoms with van der Waals surface area (Å²) >= 11 is 0. The van der Waals surface area contributed by atoms with Crippen LogP contribution in [-0.4, -0.2) is 33.5 Å². The van der Waals surface area contributed by atoms with Crippen LogP contribution >= 0.6 is 0 Å². The monoisotopic (exact) mass is 346 g/mol. The molecule has 6 nitrogen and oxygen atoms in total. The van der Waals surface area contributed by atoms with Crippen LogP contribution in [-0.2, 0) is 9.59 Å². The third-order valence-electron chi connectivity index (χ3n) is 4.64. The van der Waals surface area contributed by atoms with Gasteiger partial charge in [-0.15, -0.1) is 0 Å². The van der Waals surface area contributed by atoms with E-state index in [1.165, 1.54) is 26.0 Å². The summed E-state index contributed by atoms with van der Waals surface area (Å²) in [7, 11) is 0. The maximum absolute atomic E-state index is 12.1. The van der Waals surface area contributed by atoms with E-state index in [1.54, 1.807) is 6.92 Å². The van der Waals surface area contributed by atoms with E-state index in [-0.39, 0.29) is 35.4 Å². The van der Waals surface area contributed by atoms with E-state index in [4.69, 9.17) is 4.74 Å². The quantitative estimate of drug-likeness (QED) is 0.439. The summed E-state index contributed by atoms with van der Waals surface area (Å²) in [5, 5.41) is 30.3. The number of aromatic hydroxyl groups is 2. The Morgan fingerprint density at radius 3 is 2.32 bits per heavy atom. The van der Waals surface area contributed by atoms with Crippen LogP contribution in [0.4, 0.5) is 0 Å². The molecule has 1 aromatic carbocycles. The van der Waals surface area contributed by atoms with Crippen LogP contribution in [0.15, 0.2) is 29.5 Å². The van der Waals surface area contributed by atoms with Gasteiger partial charge in [0.2, 0.25) is 0 Å². The number of ether oxygens (including phenoxy) is 1. The second-order valence-corrected chi connectivity index (χ2v) is 6.26. The zero-order valence-corrected chi connectivity index (χ0v) is 14.7. The highest BCUT2D eigenvalue weighted by Gasteiger charge is 2.45. The molecule has 0 spiro atoms. The fourth-order valence-electron chi connectivity index (χ4n) is 3.13. The van der Waals surface area contributed by atoms with E-state index in [9.17, 15) is 24.9 Å². The Kier molecular flexibility index (Phi) is 4.92. The molecule has 0 aliphatic carbocycles. The molecule has 0 bridgehead atoms. The van der Waals surface area contributed by atoms with E-state index in [0.29, 0.717) is 28.9 Å². The molecule has 0 saturated heterocycles. The number of carbonyl (C=O) groups excluding carboxylic acids is 2. The van der Waals surface area contributed by atoms with Gasteiger partial charge in [0.15, 0.2) is 23.1 Å². The molecule has 0 fully saturated rings. The summed E-state index contributed by atoms with van der Waals surface area (Å²) in [4.78, 5) is 23.6. The van der Waals surface area contributed by atoms with Gasteiger partial charge in [-0.3, -0.25) is 9.59 Å². The average molecular weight is 346 g/mol. The van der Waals surface area contributed by atoms with Gasteiger partial charge < -0.3 is 20.1 Å². The highest BCUT2D eigenvalue weighted by atomic mass is 16.5. The van der Waals surface area contributed by atoms with Gasteiger partial charge in [-0.05, 0) is 44.4 Å². The number of phenolic OH excluding ortho intramolecular Hbond substituents is 2. The maximum Gasteiger partial charge on any atom is 0.161 e. The second-order valence-electron chi connectivity index (χ2n) is 6.26. The van der Waals surface area contributed by atoms with Gasteiger partial charge in [0.1, 0.15) is 18.1 Å². The number of fused-ring (bicyclic) bond motifs is 1. The lowest BCUT2D eigenvalue weighted by Gasteiger charge is -2.40. The predicted octanol–water partition coefficient (Wildman–Crippen LogP) is 3.28. The first-order chi connectivity index (χ1) is 11.6. The number of benzene rings is 1. The number of ketones is 2. The molecular formula is C19H22O6. The van der Waals surface area contributed by atoms with Crippen molar-refractivity contribution in [2.75, 3.05) is 6.61 Å². The minimum absolute atomic E-state index is 0.00369. The first-order valence-electron chi connectivity index (χ1n) is 7.97. The maximum atomic E-state index is 12.1. The van der Waals surface area contributed by atoms with Crippen LogP contribution in [0.3, 0.4) is 0 Å². The minimum Gasteiger partial charge on any atom is -0.511 e. The van der Waals surface area contributed by atoms with Crippen molar-refractivity contribution < 1.29 is 29.6 Å². The molecule has 0 saturated carbocycles. The topological polar surface area (TPSA) is 104 Å². The Bertz CT molecular complexity index is 802. The highest BCUT2D eigenvalue weighted by Crippen LogP contribution is 2.53. The zero-order valence-electron chi connectivity index (χ0n) is 14.7. The van der Waals surface area contributed by atoms with Crippen LogP contribution in [0.2, 0.25) is 0 Å². The van der Waals surface area contributed by atoms with E-state index in [2.05, 4.69) is 0 Å². The van der Waals surface area contributed by atoms with Crippen LogP contribution in [0.1, 0.15) is 39.7 Å². The van der Waals surface area contributed by atoms with Crippen molar-refractivity contribution in [3.63, 3.8) is 0 Å². The van der Waals surface area contributed by atoms with Crippen molar-refractivity contribution in [3.8, 4) is 17.2 Å². The zero-order chi connectivity index (χ0) is 18.9. The lowest BCUT2D eigenvalue weighted by Crippen LogP contribution is -2.36. The van der Waals surface area contributed by atoms with Gasteiger partial charge in [0, 0.05) is 17.7 Å². The normalized spacial score (nSPS) is 22.0. The molecule has 2 rings (SSSR count). The molecule has 1 aliphatic heterocycles. The molecule has 1 unspecified atom stereocenters. The number of rotatable bonds is 4. The van der Waals surface area contributed by atoms with Crippen LogP contribution in [0, 0.1) is 5.41 Å². The second kappa shape index (κ2) is 6.63. The van der Waals surface area contributed by atoms with Crippen molar-refractivity contribution in [2.45, 2.75) is 34.1 Å². The van der Waals surface area contributed by atoms with Gasteiger partial charge in [-0.25, -0.2) is 0 Å². The first kappa shape index (κ1) is 18.6. The summed E-state index contributed by atoms with van der Waals surface area (Å²) in [6.07, 6.45) is 1.48. The van der Waals surface area contributed by atoms with Crippen molar-refractivity contribution >= 4 is 17.1 Å². The largest absolute Gasteiger partial charge is 0.511 e. The number of allylic oxidation sites excluding steroid dienone is 2. The molecule has 6 heteroatoms. The van der Waals surface area contributed by atoms with Crippen molar-refractivity contribution in [2.24, 2.45) is 5.41 Å². The Hall–Kier alpha value is -2.76. The molecule has 0 amide bonds. The number of Topliss-reactive ketones (excluding diaryl/α,β-unsaturated/α-hetero) is 1. The fourth-order valence-corrected chi connectivity index (χ4v) is 3.13. The summed E-state index contributed by atoms with van der Waals surface area (Å²) in [6, 6.07) is 2.57. The molecule has 0 radical (unpaired) electrons. The van der Waals surface area contributed by atoms with E-state index in [0.717, 1.165) is 6.08 Å². The molecule has 0 aromatic heterocycles. The molecule has 1 aromatic rings. The van der Waals surface area contributed by atoms with E-state index in [1.807, 2.05) is 6.92 Å². The lowest BCUT2D eigenvalue weighted by atomic mass is 9.69. The number of phenols is 2. The summed E-state index contributed by atoms with van der Waals surface area (Å²) < 4.78 is 5.70. The van der Waals surface area contributed by atoms with Gasteiger partial charge >= 0.3 is 0 Å². The van der Waals surface area contributed by atoms with Crippen molar-refractivity contribution in [3.05, 3.63) is 35.1 Å². The van der Waals surface area contributed by atoms with E-state index >= 15 is 0 Å². The third-order valence-corrected chi connectivity index (χ3v) is 4.64. The Labute approximate surface area is 146 Å². The molecule has 25 heavy (non-hydrogen) atoms. The molecule has 134 valence electrons. The van der Waals surface area contributed by atoms with Gasteiger partial charge in [0.05, 0.1) is 5.41 Å². The smallest absolute Gasteiger partial charge is 0.161 e. The van der Waals surface area contributed by atoms with Gasteiger partial charge in [0.25, 0.3) is 0 Å². The molecule has 3 N–H and O–H groups in total. The molecule has 1 heterocycles. The van der Waals surface area contributed by atoms with Crippen molar-refractivity contribution in [1.82, 2.24) is 0 Å². The Morgan fingerprint density at radius 1 is 1.20 bits per heavy atom. The lowest BCUT2D eigenvalue weighted by molar-refractivity contribution is -0.114. The minimum atomic E-state index is -1.10. The van der Waals surface area contributed by atoms with Gasteiger partial charge in [-0.1, -0.05) is 6.92 Å². The third kappa shape index (κ3) is 3.12. The van der Waals surface area contributed by atoms with Crippen LogP contribution < -0.4 is 4.74 Å². The van der Waals surface area contributed by atoms with Crippen LogP contribution in [0.25, 0.3) is 5.57 Å². The average Bonchev–Trinajstić information content (AvgIpc) is 2.53. The summed E-state index contributed by atoms with van der Waals surface area (Å²) in [5.74, 6) is -1.14. The molecule has 1 atom stereocenters. The number of hydrogen-bond acceptors (Lipinski definition) is 6. The Balaban J connectivity index is 2.87.